The summed E-state index contributed by atoms with van der Waals surface area (Å²) in [5, 5.41) is 0. The van der Waals surface area contributed by atoms with Crippen LogP contribution in [0.25, 0.3) is 0 Å². The minimum atomic E-state index is -3.24. The molecule has 144 valence electrons. The monoisotopic (exact) mass is 382 g/mol. The third-order valence-electron chi connectivity index (χ3n) is 5.51. The van der Waals surface area contributed by atoms with Crippen LogP contribution in [0.1, 0.15) is 36.2 Å². The van der Waals surface area contributed by atoms with Crippen LogP contribution in [0.4, 0.5) is 0 Å². The van der Waals surface area contributed by atoms with E-state index in [1.807, 2.05) is 11.8 Å². The Morgan fingerprint density at radius 1 is 1.23 bits per heavy atom. The predicted octanol–water partition coefficient (Wildman–Crippen LogP) is 0.202. The fourth-order valence-corrected chi connectivity index (χ4v) is 5.04. The van der Waals surface area contributed by atoms with Crippen LogP contribution in [0.15, 0.2) is 4.79 Å². The van der Waals surface area contributed by atoms with Crippen molar-refractivity contribution in [2.24, 2.45) is 5.92 Å². The second-order valence-corrected chi connectivity index (χ2v) is 9.44. The molecule has 1 aromatic rings. The van der Waals surface area contributed by atoms with Gasteiger partial charge in [0.05, 0.1) is 6.26 Å². The molecule has 3 aliphatic heterocycles. The average Bonchev–Trinajstić information content (AvgIpc) is 2.85. The van der Waals surface area contributed by atoms with Crippen molar-refractivity contribution in [1.82, 2.24) is 19.2 Å². The summed E-state index contributed by atoms with van der Waals surface area (Å²) >= 11 is 0. The molecular formula is C17H26N4O4S. The first-order chi connectivity index (χ1) is 12.1. The highest BCUT2D eigenvalue weighted by Crippen LogP contribution is 2.29. The number of carbonyl (C=O) groups is 1. The molecule has 1 N–H and O–H groups in total. The van der Waals surface area contributed by atoms with Gasteiger partial charge in [-0.1, -0.05) is 0 Å². The molecule has 2 unspecified atom stereocenters. The first kappa shape index (κ1) is 19.0. The van der Waals surface area contributed by atoms with E-state index in [1.165, 1.54) is 10.6 Å². The fourth-order valence-electron chi connectivity index (χ4n) is 4.11. The van der Waals surface area contributed by atoms with Gasteiger partial charge in [0, 0.05) is 43.5 Å². The Balaban J connectivity index is 1.70. The lowest BCUT2D eigenvalue weighted by Crippen LogP contribution is -2.47. The molecule has 3 aliphatic rings. The Hall–Kier alpha value is -1.74. The summed E-state index contributed by atoms with van der Waals surface area (Å²) in [6, 6.07) is -0.0492. The Kier molecular flexibility index (Phi) is 5.21. The Labute approximate surface area is 153 Å². The van der Waals surface area contributed by atoms with Crippen molar-refractivity contribution < 1.29 is 13.2 Å². The molecular weight excluding hydrogens is 356 g/mol. The Morgan fingerprint density at radius 3 is 2.62 bits per heavy atom. The minimum absolute atomic E-state index is 0.0417. The molecule has 0 aliphatic carbocycles. The van der Waals surface area contributed by atoms with Gasteiger partial charge in [-0.05, 0) is 44.6 Å². The minimum Gasteiger partial charge on any atom is -0.338 e. The highest BCUT2D eigenvalue weighted by Gasteiger charge is 2.39. The summed E-state index contributed by atoms with van der Waals surface area (Å²) < 4.78 is 25.4. The molecule has 26 heavy (non-hydrogen) atoms. The van der Waals surface area contributed by atoms with Gasteiger partial charge in [0.25, 0.3) is 0 Å². The third kappa shape index (κ3) is 3.98. The molecule has 3 saturated heterocycles. The van der Waals surface area contributed by atoms with E-state index in [0.29, 0.717) is 38.2 Å². The third-order valence-corrected chi connectivity index (χ3v) is 6.75. The highest BCUT2D eigenvalue weighted by atomic mass is 32.2. The van der Waals surface area contributed by atoms with E-state index < -0.39 is 10.0 Å². The van der Waals surface area contributed by atoms with Crippen LogP contribution in [0, 0.1) is 19.8 Å². The number of aromatic amines is 1. The molecule has 0 saturated carbocycles. The number of fused-ring (bicyclic) bond motifs is 4. The number of sulfonamides is 1. The summed E-state index contributed by atoms with van der Waals surface area (Å²) in [7, 11) is -3.24. The molecule has 2 atom stereocenters. The summed E-state index contributed by atoms with van der Waals surface area (Å²) in [5.41, 5.74) is 1.92. The lowest BCUT2D eigenvalue weighted by atomic mass is 9.94. The zero-order valence-electron chi connectivity index (χ0n) is 15.5. The summed E-state index contributed by atoms with van der Waals surface area (Å²) in [6.07, 6.45) is 3.89. The summed E-state index contributed by atoms with van der Waals surface area (Å²) in [6.45, 7) is 5.10. The first-order valence-corrected chi connectivity index (χ1v) is 10.8. The van der Waals surface area contributed by atoms with Gasteiger partial charge in [0.15, 0.2) is 0 Å². The van der Waals surface area contributed by atoms with E-state index in [-0.39, 0.29) is 23.6 Å². The van der Waals surface area contributed by atoms with Gasteiger partial charge in [-0.2, -0.15) is 9.29 Å². The van der Waals surface area contributed by atoms with E-state index >= 15 is 0 Å². The first-order valence-electron chi connectivity index (χ1n) is 8.96. The van der Waals surface area contributed by atoms with Crippen LogP contribution in [-0.2, 0) is 21.2 Å². The van der Waals surface area contributed by atoms with E-state index in [2.05, 4.69) is 9.97 Å². The number of carbonyl (C=O) groups excluding carboxylic acids is 1. The molecule has 1 amide bonds. The summed E-state index contributed by atoms with van der Waals surface area (Å²) in [4.78, 5) is 32.7. The largest absolute Gasteiger partial charge is 0.345 e. The molecule has 2 bridgehead atoms. The molecule has 8 nitrogen and oxygen atoms in total. The molecule has 1 aromatic heterocycles. The number of hydrogen-bond donors (Lipinski definition) is 1. The number of nitrogens with one attached hydrogen (secondary N) is 1. The topological polar surface area (TPSA) is 103 Å². The molecule has 4 heterocycles. The number of amides is 1. The fraction of sp³-hybridized carbons (Fsp3) is 0.706. The SMILES string of the molecule is Cc1nc(=O)[nH]c(C)c1CCC(=O)N1CC2CCC1CN(S(C)(=O)=O)C2. The molecule has 0 radical (unpaired) electrons. The Morgan fingerprint density at radius 2 is 1.96 bits per heavy atom. The van der Waals surface area contributed by atoms with Crippen molar-refractivity contribution in [2.45, 2.75) is 45.6 Å². The second kappa shape index (κ2) is 7.11. The number of hydrogen-bond acceptors (Lipinski definition) is 5. The van der Waals surface area contributed by atoms with Crippen LogP contribution in [0.3, 0.4) is 0 Å². The average molecular weight is 382 g/mol. The number of piperidine rings is 1. The van der Waals surface area contributed by atoms with Gasteiger partial charge in [0.1, 0.15) is 0 Å². The molecule has 0 spiro atoms. The number of H-pyrrole nitrogens is 1. The van der Waals surface area contributed by atoms with Gasteiger partial charge in [-0.15, -0.1) is 0 Å². The number of aromatic nitrogens is 2. The highest BCUT2D eigenvalue weighted by molar-refractivity contribution is 7.88. The number of rotatable bonds is 4. The molecule has 3 fully saturated rings. The number of nitrogens with zero attached hydrogens (tertiary/aromatic N) is 3. The van der Waals surface area contributed by atoms with Crippen molar-refractivity contribution in [3.63, 3.8) is 0 Å². The van der Waals surface area contributed by atoms with Crippen LogP contribution in [0.5, 0.6) is 0 Å². The van der Waals surface area contributed by atoms with Crippen LogP contribution in [-0.4, -0.2) is 65.4 Å². The van der Waals surface area contributed by atoms with Crippen molar-refractivity contribution in [3.05, 3.63) is 27.4 Å². The molecule has 4 rings (SSSR count). The van der Waals surface area contributed by atoms with Crippen molar-refractivity contribution in [1.29, 1.82) is 0 Å². The van der Waals surface area contributed by atoms with Gasteiger partial charge in [-0.3, -0.25) is 4.79 Å². The van der Waals surface area contributed by atoms with Crippen LogP contribution < -0.4 is 5.69 Å². The normalized spacial score (nSPS) is 23.9. The van der Waals surface area contributed by atoms with Gasteiger partial charge in [0.2, 0.25) is 15.9 Å². The van der Waals surface area contributed by atoms with E-state index in [4.69, 9.17) is 0 Å². The van der Waals surface area contributed by atoms with Gasteiger partial charge < -0.3 is 9.88 Å². The van der Waals surface area contributed by atoms with Crippen molar-refractivity contribution in [2.75, 3.05) is 25.9 Å². The van der Waals surface area contributed by atoms with Gasteiger partial charge >= 0.3 is 5.69 Å². The van der Waals surface area contributed by atoms with Crippen molar-refractivity contribution >= 4 is 15.9 Å². The van der Waals surface area contributed by atoms with E-state index in [0.717, 1.165) is 24.1 Å². The zero-order valence-corrected chi connectivity index (χ0v) is 16.3. The second-order valence-electron chi connectivity index (χ2n) is 7.45. The predicted molar refractivity (Wildman–Crippen MR) is 97.3 cm³/mol. The van der Waals surface area contributed by atoms with Crippen LogP contribution in [0.2, 0.25) is 0 Å². The maximum atomic E-state index is 12.8. The van der Waals surface area contributed by atoms with Crippen LogP contribution >= 0.6 is 0 Å². The van der Waals surface area contributed by atoms with Crippen molar-refractivity contribution in [3.8, 4) is 0 Å². The zero-order chi connectivity index (χ0) is 19.1. The maximum Gasteiger partial charge on any atom is 0.345 e. The lowest BCUT2D eigenvalue weighted by Gasteiger charge is -2.36. The van der Waals surface area contributed by atoms with E-state index in [1.54, 1.807) is 6.92 Å². The standard InChI is InChI=1S/C17H26N4O4S/c1-11-15(12(2)19-17(23)18-11)6-7-16(22)21-9-13-4-5-14(21)10-20(8-13)26(3,24)25/h13-14H,4-10H2,1-3H3,(H,18,19,23). The lowest BCUT2D eigenvalue weighted by molar-refractivity contribution is -0.135. The molecule has 0 aromatic carbocycles. The smallest absolute Gasteiger partial charge is 0.338 e. The van der Waals surface area contributed by atoms with Gasteiger partial charge in [-0.25, -0.2) is 13.2 Å². The van der Waals surface area contributed by atoms with E-state index in [9.17, 15) is 18.0 Å². The summed E-state index contributed by atoms with van der Waals surface area (Å²) in [5.74, 6) is 0.241. The number of aryl methyl sites for hydroxylation is 2. The quantitative estimate of drug-likeness (QED) is 0.801. The molecule has 9 heteroatoms. The Bertz CT molecular complexity index is 838. The maximum absolute atomic E-state index is 12.8.